The summed E-state index contributed by atoms with van der Waals surface area (Å²) in [6.45, 7) is 4.52. The molecule has 1 amide bonds. The molecule has 0 saturated heterocycles. The molecule has 3 N–H and O–H groups in total. The van der Waals surface area contributed by atoms with Crippen molar-refractivity contribution >= 4 is 23.4 Å². The van der Waals surface area contributed by atoms with Gasteiger partial charge in [-0.15, -0.1) is 10.2 Å². The lowest BCUT2D eigenvalue weighted by molar-refractivity contribution is -0.115. The van der Waals surface area contributed by atoms with E-state index in [0.717, 1.165) is 11.4 Å². The standard InChI is InChI=1S/C21H25N5O2S/c1-15(2)16-8-10-18(11-9-16)28-14-19-24-25-21(26(19)22)29-13-12-20(27)23-17-6-4-3-5-7-17/h3-11,15H,12-14,22H2,1-2H3,(H,23,27). The van der Waals surface area contributed by atoms with Crippen molar-refractivity contribution in [2.24, 2.45) is 0 Å². The van der Waals surface area contributed by atoms with Crippen molar-refractivity contribution in [1.82, 2.24) is 14.9 Å². The van der Waals surface area contributed by atoms with Crippen LogP contribution in [0.3, 0.4) is 0 Å². The molecule has 2 aromatic carbocycles. The van der Waals surface area contributed by atoms with E-state index in [1.54, 1.807) is 0 Å². The molecule has 0 atom stereocenters. The molecule has 3 rings (SSSR count). The van der Waals surface area contributed by atoms with Gasteiger partial charge in [-0.05, 0) is 35.7 Å². The van der Waals surface area contributed by atoms with Gasteiger partial charge in [-0.3, -0.25) is 4.79 Å². The van der Waals surface area contributed by atoms with Gasteiger partial charge in [0.1, 0.15) is 12.4 Å². The largest absolute Gasteiger partial charge is 0.486 e. The van der Waals surface area contributed by atoms with Gasteiger partial charge < -0.3 is 15.9 Å². The minimum Gasteiger partial charge on any atom is -0.486 e. The molecule has 0 aliphatic rings. The summed E-state index contributed by atoms with van der Waals surface area (Å²) in [7, 11) is 0. The Kier molecular flexibility index (Phi) is 7.13. The smallest absolute Gasteiger partial charge is 0.225 e. The average molecular weight is 412 g/mol. The minimum absolute atomic E-state index is 0.0554. The fourth-order valence-electron chi connectivity index (χ4n) is 2.58. The molecule has 0 bridgehead atoms. The Morgan fingerprint density at radius 1 is 1.14 bits per heavy atom. The summed E-state index contributed by atoms with van der Waals surface area (Å²) in [5, 5.41) is 11.6. The first-order valence-corrected chi connectivity index (χ1v) is 10.4. The second-order valence-corrected chi connectivity index (χ2v) is 7.86. The summed E-state index contributed by atoms with van der Waals surface area (Å²) in [6.07, 6.45) is 0.348. The Morgan fingerprint density at radius 2 is 1.86 bits per heavy atom. The van der Waals surface area contributed by atoms with Crippen LogP contribution in [0.25, 0.3) is 0 Å². The number of hydrogen-bond donors (Lipinski definition) is 2. The summed E-state index contributed by atoms with van der Waals surface area (Å²) in [5.41, 5.74) is 2.04. The van der Waals surface area contributed by atoms with E-state index in [0.29, 0.717) is 29.1 Å². The molecular formula is C21H25N5O2S. The monoisotopic (exact) mass is 411 g/mol. The highest BCUT2D eigenvalue weighted by Gasteiger charge is 2.12. The number of nitrogens with zero attached hydrogens (tertiary/aromatic N) is 3. The van der Waals surface area contributed by atoms with Gasteiger partial charge in [-0.2, -0.15) is 0 Å². The summed E-state index contributed by atoms with van der Waals surface area (Å²) >= 11 is 1.38. The van der Waals surface area contributed by atoms with Gasteiger partial charge in [0.05, 0.1) is 0 Å². The van der Waals surface area contributed by atoms with Gasteiger partial charge in [-0.25, -0.2) is 4.68 Å². The highest BCUT2D eigenvalue weighted by atomic mass is 32.2. The summed E-state index contributed by atoms with van der Waals surface area (Å²) < 4.78 is 7.16. The van der Waals surface area contributed by atoms with Crippen LogP contribution in [0.1, 0.15) is 37.6 Å². The summed E-state index contributed by atoms with van der Waals surface area (Å²) in [6, 6.07) is 17.3. The molecule has 1 aromatic heterocycles. The highest BCUT2D eigenvalue weighted by molar-refractivity contribution is 7.99. The number of amides is 1. The van der Waals surface area contributed by atoms with Gasteiger partial charge in [0, 0.05) is 17.9 Å². The van der Waals surface area contributed by atoms with Crippen LogP contribution in [0.15, 0.2) is 59.8 Å². The zero-order valence-electron chi connectivity index (χ0n) is 16.5. The van der Waals surface area contributed by atoms with E-state index >= 15 is 0 Å². The fraction of sp³-hybridized carbons (Fsp3) is 0.286. The molecular weight excluding hydrogens is 386 g/mol. The molecule has 7 nitrogen and oxygen atoms in total. The number of nitrogen functional groups attached to an aromatic ring is 1. The first-order valence-electron chi connectivity index (χ1n) is 9.42. The highest BCUT2D eigenvalue weighted by Crippen LogP contribution is 2.20. The van der Waals surface area contributed by atoms with Gasteiger partial charge in [0.15, 0.2) is 5.82 Å². The molecule has 0 radical (unpaired) electrons. The van der Waals surface area contributed by atoms with E-state index in [1.165, 1.54) is 22.0 Å². The van der Waals surface area contributed by atoms with Crippen LogP contribution >= 0.6 is 11.8 Å². The second-order valence-electron chi connectivity index (χ2n) is 6.79. The lowest BCUT2D eigenvalue weighted by Gasteiger charge is -2.09. The van der Waals surface area contributed by atoms with Crippen LogP contribution in [0.5, 0.6) is 5.75 Å². The Bertz CT molecular complexity index is 926. The average Bonchev–Trinajstić information content (AvgIpc) is 3.07. The third-order valence-corrected chi connectivity index (χ3v) is 5.21. The number of carbonyl (C=O) groups is 1. The van der Waals surface area contributed by atoms with Crippen molar-refractivity contribution in [1.29, 1.82) is 0 Å². The van der Waals surface area contributed by atoms with Crippen molar-refractivity contribution in [3.8, 4) is 5.75 Å². The number of benzene rings is 2. The molecule has 0 unspecified atom stereocenters. The molecule has 1 heterocycles. The maximum absolute atomic E-state index is 12.0. The lowest BCUT2D eigenvalue weighted by Crippen LogP contribution is -2.16. The Labute approximate surface area is 174 Å². The maximum atomic E-state index is 12.0. The van der Waals surface area contributed by atoms with Crippen LogP contribution in [0.2, 0.25) is 0 Å². The molecule has 0 aliphatic heterocycles. The number of anilines is 1. The molecule has 0 saturated carbocycles. The third kappa shape index (κ3) is 5.99. The quantitative estimate of drug-likeness (QED) is 0.411. The number of nitrogens with one attached hydrogen (secondary N) is 1. The zero-order valence-corrected chi connectivity index (χ0v) is 17.4. The van der Waals surface area contributed by atoms with Gasteiger partial charge >= 0.3 is 0 Å². The van der Waals surface area contributed by atoms with Crippen molar-refractivity contribution in [3.05, 3.63) is 66.0 Å². The van der Waals surface area contributed by atoms with Crippen LogP contribution in [0.4, 0.5) is 5.69 Å². The first-order chi connectivity index (χ1) is 14.0. The van der Waals surface area contributed by atoms with Crippen molar-refractivity contribution in [2.45, 2.75) is 37.9 Å². The Hall–Kier alpha value is -3.00. The first kappa shape index (κ1) is 20.7. The lowest BCUT2D eigenvalue weighted by atomic mass is 10.0. The van der Waals surface area contributed by atoms with Gasteiger partial charge in [-0.1, -0.05) is 55.9 Å². The van der Waals surface area contributed by atoms with E-state index in [4.69, 9.17) is 10.6 Å². The van der Waals surface area contributed by atoms with Crippen LogP contribution in [0, 0.1) is 0 Å². The van der Waals surface area contributed by atoms with E-state index in [9.17, 15) is 4.79 Å². The van der Waals surface area contributed by atoms with E-state index < -0.39 is 0 Å². The van der Waals surface area contributed by atoms with E-state index in [2.05, 4.69) is 41.5 Å². The van der Waals surface area contributed by atoms with Crippen molar-refractivity contribution in [3.63, 3.8) is 0 Å². The maximum Gasteiger partial charge on any atom is 0.225 e. The molecule has 0 aliphatic carbocycles. The van der Waals surface area contributed by atoms with Gasteiger partial charge in [0.2, 0.25) is 11.1 Å². The zero-order chi connectivity index (χ0) is 20.6. The SMILES string of the molecule is CC(C)c1ccc(OCc2nnc(SCCC(=O)Nc3ccccc3)n2N)cc1. The number of aromatic nitrogens is 3. The predicted molar refractivity (Wildman–Crippen MR) is 115 cm³/mol. The third-order valence-electron chi connectivity index (χ3n) is 4.27. The van der Waals surface area contributed by atoms with E-state index in [1.807, 2.05) is 42.5 Å². The normalized spacial score (nSPS) is 10.9. The number of rotatable bonds is 9. The number of hydrogen-bond acceptors (Lipinski definition) is 6. The molecule has 29 heavy (non-hydrogen) atoms. The molecule has 3 aromatic rings. The number of para-hydroxylation sites is 1. The Morgan fingerprint density at radius 3 is 2.55 bits per heavy atom. The number of ether oxygens (including phenoxy) is 1. The molecule has 152 valence electrons. The van der Waals surface area contributed by atoms with Crippen LogP contribution < -0.4 is 15.9 Å². The molecule has 0 fully saturated rings. The van der Waals surface area contributed by atoms with Crippen molar-refractivity contribution < 1.29 is 9.53 Å². The predicted octanol–water partition coefficient (Wildman–Crippen LogP) is 3.82. The fourth-order valence-corrected chi connectivity index (χ4v) is 3.39. The van der Waals surface area contributed by atoms with Crippen LogP contribution in [-0.4, -0.2) is 26.5 Å². The Balaban J connectivity index is 1.45. The molecule has 8 heteroatoms. The van der Waals surface area contributed by atoms with Crippen molar-refractivity contribution in [2.75, 3.05) is 16.9 Å². The topological polar surface area (TPSA) is 95.1 Å². The number of nitrogens with two attached hydrogens (primary N) is 1. The summed E-state index contributed by atoms with van der Waals surface area (Å²) in [5.74, 6) is 8.31. The second kappa shape index (κ2) is 9.97. The minimum atomic E-state index is -0.0554. The van der Waals surface area contributed by atoms with E-state index in [-0.39, 0.29) is 12.5 Å². The number of carbonyl (C=O) groups excluding carboxylic acids is 1. The van der Waals surface area contributed by atoms with Crippen LogP contribution in [-0.2, 0) is 11.4 Å². The summed E-state index contributed by atoms with van der Waals surface area (Å²) in [4.78, 5) is 12.0. The number of thioether (sulfide) groups is 1. The molecule has 0 spiro atoms. The van der Waals surface area contributed by atoms with Gasteiger partial charge in [0.25, 0.3) is 0 Å².